The molecule has 6 heteroatoms. The van der Waals surface area contributed by atoms with Gasteiger partial charge in [0.05, 0.1) is 0 Å². The molecule has 0 saturated heterocycles. The van der Waals surface area contributed by atoms with Crippen LogP contribution in [0.1, 0.15) is 5.56 Å². The number of nitrogens with one attached hydrogen (secondary N) is 2. The van der Waals surface area contributed by atoms with Gasteiger partial charge < -0.3 is 10.6 Å². The highest BCUT2D eigenvalue weighted by Crippen LogP contribution is 2.17. The molecule has 4 nitrogen and oxygen atoms in total. The highest BCUT2D eigenvalue weighted by atomic mass is 19.1. The predicted molar refractivity (Wildman–Crippen MR) is 104 cm³/mol. The number of halogens is 2. The fourth-order valence-electron chi connectivity index (χ4n) is 2.75. The Hall–Kier alpha value is -3.54. The van der Waals surface area contributed by atoms with Crippen molar-refractivity contribution >= 4 is 23.2 Å². The van der Waals surface area contributed by atoms with Crippen molar-refractivity contribution in [3.63, 3.8) is 0 Å². The molecule has 142 valence electrons. The second-order valence-electron chi connectivity index (χ2n) is 6.24. The van der Waals surface area contributed by atoms with Crippen LogP contribution in [-0.2, 0) is 16.0 Å². The molecular weight excluding hydrogens is 362 g/mol. The summed E-state index contributed by atoms with van der Waals surface area (Å²) < 4.78 is 26.8. The number of anilines is 2. The second-order valence-corrected chi connectivity index (χ2v) is 6.24. The number of amides is 2. The summed E-state index contributed by atoms with van der Waals surface area (Å²) in [6, 6.07) is 19.9. The summed E-state index contributed by atoms with van der Waals surface area (Å²) in [5, 5.41) is 5.13. The number of hydrogen-bond donors (Lipinski definition) is 2. The Morgan fingerprint density at radius 2 is 1.21 bits per heavy atom. The van der Waals surface area contributed by atoms with E-state index < -0.39 is 29.4 Å². The van der Waals surface area contributed by atoms with Gasteiger partial charge in [0.2, 0.25) is 11.8 Å². The first-order valence-electron chi connectivity index (χ1n) is 8.68. The van der Waals surface area contributed by atoms with Crippen LogP contribution in [0, 0.1) is 17.6 Å². The molecule has 0 aliphatic rings. The van der Waals surface area contributed by atoms with Crippen LogP contribution >= 0.6 is 0 Å². The summed E-state index contributed by atoms with van der Waals surface area (Å²) in [7, 11) is 0. The van der Waals surface area contributed by atoms with Crippen LogP contribution in [0.4, 0.5) is 20.2 Å². The van der Waals surface area contributed by atoms with Crippen molar-refractivity contribution in [1.82, 2.24) is 0 Å². The molecule has 3 aromatic rings. The largest absolute Gasteiger partial charge is 0.325 e. The van der Waals surface area contributed by atoms with Crippen LogP contribution in [0.3, 0.4) is 0 Å². The smallest absolute Gasteiger partial charge is 0.237 e. The van der Waals surface area contributed by atoms with Crippen molar-refractivity contribution < 1.29 is 18.4 Å². The lowest BCUT2D eigenvalue weighted by molar-refractivity contribution is -0.129. The number of hydrogen-bond acceptors (Lipinski definition) is 2. The average molecular weight is 380 g/mol. The Morgan fingerprint density at radius 1 is 0.714 bits per heavy atom. The zero-order valence-electron chi connectivity index (χ0n) is 14.9. The Kier molecular flexibility index (Phi) is 6.11. The van der Waals surface area contributed by atoms with Gasteiger partial charge in [0.15, 0.2) is 0 Å². The fraction of sp³-hybridized carbons (Fsp3) is 0.0909. The van der Waals surface area contributed by atoms with Crippen molar-refractivity contribution in [3.8, 4) is 0 Å². The van der Waals surface area contributed by atoms with E-state index in [0.717, 1.165) is 5.56 Å². The maximum absolute atomic E-state index is 13.4. The lowest BCUT2D eigenvalue weighted by Gasteiger charge is -2.17. The standard InChI is InChI=1S/C22H18F2N2O2/c23-16-8-4-10-18(13-16)25-21(27)20(12-15-6-2-1-3-7-15)22(28)26-19-11-5-9-17(24)14-19/h1-11,13-14,20H,12H2,(H,25,27)(H,26,28). The second kappa shape index (κ2) is 8.90. The number of carbonyl (C=O) groups excluding carboxylic acids is 2. The molecule has 0 saturated carbocycles. The molecule has 0 heterocycles. The molecule has 0 fully saturated rings. The summed E-state index contributed by atoms with van der Waals surface area (Å²) in [6.07, 6.45) is 0.142. The average Bonchev–Trinajstić information content (AvgIpc) is 2.67. The van der Waals surface area contributed by atoms with Gasteiger partial charge in [-0.25, -0.2) is 8.78 Å². The monoisotopic (exact) mass is 380 g/mol. The topological polar surface area (TPSA) is 58.2 Å². The molecular formula is C22H18F2N2O2. The third-order valence-corrected chi connectivity index (χ3v) is 4.10. The van der Waals surface area contributed by atoms with Gasteiger partial charge in [-0.3, -0.25) is 9.59 Å². The Labute approximate surface area is 161 Å². The Balaban J connectivity index is 1.81. The first-order valence-corrected chi connectivity index (χ1v) is 8.68. The van der Waals surface area contributed by atoms with Gasteiger partial charge in [0, 0.05) is 11.4 Å². The lowest BCUT2D eigenvalue weighted by atomic mass is 9.97. The van der Waals surface area contributed by atoms with E-state index in [1.807, 2.05) is 6.07 Å². The summed E-state index contributed by atoms with van der Waals surface area (Å²) in [6.45, 7) is 0. The molecule has 2 amide bonds. The number of rotatable bonds is 6. The molecule has 2 N–H and O–H groups in total. The van der Waals surface area contributed by atoms with Gasteiger partial charge in [0.1, 0.15) is 17.6 Å². The Morgan fingerprint density at radius 3 is 1.68 bits per heavy atom. The highest BCUT2D eigenvalue weighted by Gasteiger charge is 2.27. The zero-order valence-corrected chi connectivity index (χ0v) is 14.9. The van der Waals surface area contributed by atoms with Crippen LogP contribution in [-0.4, -0.2) is 11.8 Å². The minimum absolute atomic E-state index is 0.142. The SMILES string of the molecule is O=C(Nc1cccc(F)c1)C(Cc1ccccc1)C(=O)Nc1cccc(F)c1. The van der Waals surface area contributed by atoms with Gasteiger partial charge >= 0.3 is 0 Å². The Bertz CT molecular complexity index is 918. The summed E-state index contributed by atoms with van der Waals surface area (Å²) >= 11 is 0. The number of benzene rings is 3. The molecule has 0 spiro atoms. The minimum Gasteiger partial charge on any atom is -0.325 e. The summed E-state index contributed by atoms with van der Waals surface area (Å²) in [5.41, 5.74) is 1.29. The van der Waals surface area contributed by atoms with Gasteiger partial charge in [-0.15, -0.1) is 0 Å². The van der Waals surface area contributed by atoms with Gasteiger partial charge in [-0.1, -0.05) is 42.5 Å². The van der Waals surface area contributed by atoms with Gasteiger partial charge in [-0.05, 0) is 48.4 Å². The van der Waals surface area contributed by atoms with Crippen molar-refractivity contribution in [2.75, 3.05) is 10.6 Å². The molecule has 0 aliphatic carbocycles. The van der Waals surface area contributed by atoms with Crippen LogP contribution in [0.5, 0.6) is 0 Å². The molecule has 3 aromatic carbocycles. The van der Waals surface area contributed by atoms with Gasteiger partial charge in [0.25, 0.3) is 0 Å². The molecule has 0 atom stereocenters. The van der Waals surface area contributed by atoms with E-state index in [9.17, 15) is 18.4 Å². The molecule has 3 rings (SSSR count). The summed E-state index contributed by atoms with van der Waals surface area (Å²) in [4.78, 5) is 25.5. The lowest BCUT2D eigenvalue weighted by Crippen LogP contribution is -2.35. The van der Waals surface area contributed by atoms with Crippen molar-refractivity contribution in [3.05, 3.63) is 96.1 Å². The fourth-order valence-corrected chi connectivity index (χ4v) is 2.75. The van der Waals surface area contributed by atoms with Crippen molar-refractivity contribution in [2.24, 2.45) is 5.92 Å². The van der Waals surface area contributed by atoms with E-state index >= 15 is 0 Å². The van der Waals surface area contributed by atoms with Crippen molar-refractivity contribution in [2.45, 2.75) is 6.42 Å². The maximum atomic E-state index is 13.4. The van der Waals surface area contributed by atoms with Crippen molar-refractivity contribution in [1.29, 1.82) is 0 Å². The molecule has 0 aliphatic heterocycles. The van der Waals surface area contributed by atoms with Crippen LogP contribution in [0.15, 0.2) is 78.9 Å². The number of carbonyl (C=O) groups is 2. The quantitative estimate of drug-likeness (QED) is 0.623. The molecule has 28 heavy (non-hydrogen) atoms. The van der Waals surface area contributed by atoms with Crippen LogP contribution in [0.25, 0.3) is 0 Å². The molecule has 0 bridgehead atoms. The van der Waals surface area contributed by atoms with Crippen LogP contribution < -0.4 is 10.6 Å². The maximum Gasteiger partial charge on any atom is 0.237 e. The molecule has 0 aromatic heterocycles. The third kappa shape index (κ3) is 5.23. The normalized spacial score (nSPS) is 10.5. The van der Waals surface area contributed by atoms with E-state index in [-0.39, 0.29) is 17.8 Å². The minimum atomic E-state index is -1.09. The summed E-state index contributed by atoms with van der Waals surface area (Å²) in [5.74, 6) is -3.25. The predicted octanol–water partition coefficient (Wildman–Crippen LogP) is 4.40. The van der Waals surface area contributed by atoms with E-state index in [0.29, 0.717) is 0 Å². The van der Waals surface area contributed by atoms with E-state index in [1.165, 1.54) is 48.5 Å². The zero-order chi connectivity index (χ0) is 19.9. The molecule has 0 radical (unpaired) electrons. The third-order valence-electron chi connectivity index (χ3n) is 4.10. The first kappa shape index (κ1) is 19.2. The van der Waals surface area contributed by atoms with E-state index in [1.54, 1.807) is 24.3 Å². The first-order chi connectivity index (χ1) is 13.5. The van der Waals surface area contributed by atoms with E-state index in [4.69, 9.17) is 0 Å². The highest BCUT2D eigenvalue weighted by molar-refractivity contribution is 6.11. The van der Waals surface area contributed by atoms with E-state index in [2.05, 4.69) is 10.6 Å². The van der Waals surface area contributed by atoms with Crippen LogP contribution in [0.2, 0.25) is 0 Å². The molecule has 0 unspecified atom stereocenters. The van der Waals surface area contributed by atoms with Gasteiger partial charge in [-0.2, -0.15) is 0 Å².